The van der Waals surface area contributed by atoms with Crippen molar-refractivity contribution in [2.45, 2.75) is 64.0 Å². The minimum absolute atomic E-state index is 0.0806. The van der Waals surface area contributed by atoms with Crippen LogP contribution in [0.25, 0.3) is 11.3 Å². The van der Waals surface area contributed by atoms with Crippen molar-refractivity contribution >= 4 is 5.91 Å². The number of aromatic nitrogens is 2. The van der Waals surface area contributed by atoms with Crippen LogP contribution in [0.4, 0.5) is 0 Å². The van der Waals surface area contributed by atoms with Gasteiger partial charge in [-0.15, -0.1) is 0 Å². The Morgan fingerprint density at radius 2 is 1.69 bits per heavy atom. The van der Waals surface area contributed by atoms with Gasteiger partial charge >= 0.3 is 0 Å². The highest BCUT2D eigenvalue weighted by molar-refractivity contribution is 6.00. The summed E-state index contributed by atoms with van der Waals surface area (Å²) in [6.07, 6.45) is 5.77. The van der Waals surface area contributed by atoms with Gasteiger partial charge in [0.15, 0.2) is 0 Å². The predicted molar refractivity (Wildman–Crippen MR) is 126 cm³/mol. The number of ether oxygens (including phenoxy) is 1. The molecule has 0 spiro atoms. The topological polar surface area (TPSA) is 58.2 Å². The molecule has 1 saturated carbocycles. The number of H-pyrrole nitrogens is 1. The van der Waals surface area contributed by atoms with E-state index in [4.69, 9.17) is 4.74 Å². The molecule has 32 heavy (non-hydrogen) atoms. The maximum Gasteiger partial charge on any atom is 0.273 e. The van der Waals surface area contributed by atoms with Gasteiger partial charge in [-0.2, -0.15) is 5.10 Å². The Morgan fingerprint density at radius 1 is 1.00 bits per heavy atom. The van der Waals surface area contributed by atoms with Gasteiger partial charge in [0.1, 0.15) is 11.4 Å². The van der Waals surface area contributed by atoms with E-state index < -0.39 is 0 Å². The number of carbonyl (C=O) groups is 1. The molecule has 1 aliphatic heterocycles. The molecule has 2 heterocycles. The number of carbonyl (C=O) groups excluding carboxylic acids is 1. The summed E-state index contributed by atoms with van der Waals surface area (Å²) in [6, 6.07) is 16.9. The number of benzene rings is 2. The maximum atomic E-state index is 13.6. The molecule has 5 rings (SSSR count). The van der Waals surface area contributed by atoms with Crippen LogP contribution in [-0.4, -0.2) is 34.2 Å². The molecular formula is C27H31N3O2. The van der Waals surface area contributed by atoms with Crippen molar-refractivity contribution < 1.29 is 9.53 Å². The molecule has 0 bridgehead atoms. The standard InChI is InChI=1S/C27H31N3O2/c1-17(2)18-9-11-20(12-10-18)26-23-24(19-13-15-22(32-3)16-14-19)28-29-25(23)27(31)30(26)21-7-5-4-6-8-21/h9-17,21,26H,4-8H2,1-3H3,(H,28,29). The monoisotopic (exact) mass is 429 g/mol. The lowest BCUT2D eigenvalue weighted by Gasteiger charge is -2.36. The average molecular weight is 430 g/mol. The van der Waals surface area contributed by atoms with E-state index in [1.54, 1.807) is 7.11 Å². The van der Waals surface area contributed by atoms with Crippen LogP contribution in [0.2, 0.25) is 0 Å². The van der Waals surface area contributed by atoms with Crippen LogP contribution < -0.4 is 4.74 Å². The smallest absolute Gasteiger partial charge is 0.273 e. The van der Waals surface area contributed by atoms with Crippen molar-refractivity contribution in [1.82, 2.24) is 15.1 Å². The summed E-state index contributed by atoms with van der Waals surface area (Å²) < 4.78 is 5.32. The van der Waals surface area contributed by atoms with Crippen LogP contribution in [-0.2, 0) is 0 Å². The molecule has 1 aliphatic carbocycles. The number of rotatable bonds is 5. The zero-order valence-corrected chi connectivity index (χ0v) is 19.1. The molecule has 1 aromatic heterocycles. The van der Waals surface area contributed by atoms with E-state index in [9.17, 15) is 4.79 Å². The Labute approximate surface area is 189 Å². The third-order valence-electron chi connectivity index (χ3n) is 7.05. The van der Waals surface area contributed by atoms with Gasteiger partial charge in [-0.1, -0.05) is 57.4 Å². The van der Waals surface area contributed by atoms with Crippen LogP contribution in [0.5, 0.6) is 5.75 Å². The number of fused-ring (bicyclic) bond motifs is 1. The molecule has 1 amide bonds. The second-order valence-corrected chi connectivity index (χ2v) is 9.32. The van der Waals surface area contributed by atoms with E-state index in [0.29, 0.717) is 11.6 Å². The normalized spacial score (nSPS) is 18.9. The highest BCUT2D eigenvalue weighted by Crippen LogP contribution is 2.46. The molecule has 0 saturated heterocycles. The van der Waals surface area contributed by atoms with Gasteiger partial charge in [-0.3, -0.25) is 9.89 Å². The quantitative estimate of drug-likeness (QED) is 0.534. The fraction of sp³-hybridized carbons (Fsp3) is 0.407. The molecule has 5 nitrogen and oxygen atoms in total. The van der Waals surface area contributed by atoms with Gasteiger partial charge in [-0.25, -0.2) is 0 Å². The van der Waals surface area contributed by atoms with Crippen molar-refractivity contribution in [2.75, 3.05) is 7.11 Å². The second kappa shape index (κ2) is 8.45. The number of methoxy groups -OCH3 is 1. The summed E-state index contributed by atoms with van der Waals surface area (Å²) in [5.41, 5.74) is 5.95. The Morgan fingerprint density at radius 3 is 2.31 bits per heavy atom. The van der Waals surface area contributed by atoms with Crippen molar-refractivity contribution in [3.05, 3.63) is 70.9 Å². The SMILES string of the molecule is COc1ccc(-c2n[nH]c3c2C(c2ccc(C(C)C)cc2)N(C2CCCCC2)C3=O)cc1. The minimum atomic E-state index is -0.113. The molecule has 1 atom stereocenters. The number of amides is 1. The number of hydrogen-bond donors (Lipinski definition) is 1. The van der Waals surface area contributed by atoms with E-state index in [0.717, 1.165) is 41.0 Å². The van der Waals surface area contributed by atoms with Gasteiger partial charge in [0, 0.05) is 17.2 Å². The van der Waals surface area contributed by atoms with E-state index >= 15 is 0 Å². The summed E-state index contributed by atoms with van der Waals surface area (Å²) in [4.78, 5) is 15.8. The van der Waals surface area contributed by atoms with E-state index in [2.05, 4.69) is 53.2 Å². The van der Waals surface area contributed by atoms with Gasteiger partial charge in [0.2, 0.25) is 0 Å². The van der Waals surface area contributed by atoms with Crippen molar-refractivity contribution in [3.8, 4) is 17.0 Å². The largest absolute Gasteiger partial charge is 0.497 e. The van der Waals surface area contributed by atoms with Gasteiger partial charge in [-0.05, 0) is 54.2 Å². The number of nitrogens with zero attached hydrogens (tertiary/aromatic N) is 2. The second-order valence-electron chi connectivity index (χ2n) is 9.32. The minimum Gasteiger partial charge on any atom is -0.497 e. The maximum absolute atomic E-state index is 13.6. The van der Waals surface area contributed by atoms with Gasteiger partial charge in [0.25, 0.3) is 5.91 Å². The van der Waals surface area contributed by atoms with Gasteiger partial charge < -0.3 is 9.64 Å². The lowest BCUT2D eigenvalue weighted by molar-refractivity contribution is 0.0606. The van der Waals surface area contributed by atoms with Gasteiger partial charge in [0.05, 0.1) is 18.8 Å². The summed E-state index contributed by atoms with van der Waals surface area (Å²) >= 11 is 0. The van der Waals surface area contributed by atoms with Crippen molar-refractivity contribution in [1.29, 1.82) is 0 Å². The Kier molecular flexibility index (Phi) is 5.50. The lowest BCUT2D eigenvalue weighted by atomic mass is 9.90. The molecule has 0 radical (unpaired) electrons. The first-order chi connectivity index (χ1) is 15.6. The van der Waals surface area contributed by atoms with Crippen LogP contribution >= 0.6 is 0 Å². The Hall–Kier alpha value is -3.08. The number of nitrogens with one attached hydrogen (secondary N) is 1. The molecular weight excluding hydrogens is 398 g/mol. The van der Waals surface area contributed by atoms with Crippen LogP contribution in [0.3, 0.4) is 0 Å². The fourth-order valence-corrected chi connectivity index (χ4v) is 5.26. The van der Waals surface area contributed by atoms with Crippen LogP contribution in [0.15, 0.2) is 48.5 Å². The molecule has 1 fully saturated rings. The first-order valence-electron chi connectivity index (χ1n) is 11.7. The molecule has 5 heteroatoms. The third kappa shape index (κ3) is 3.50. The summed E-state index contributed by atoms with van der Waals surface area (Å²) in [6.45, 7) is 4.41. The lowest BCUT2D eigenvalue weighted by Crippen LogP contribution is -2.40. The summed E-state index contributed by atoms with van der Waals surface area (Å²) in [5, 5.41) is 7.69. The first kappa shape index (κ1) is 20.8. The van der Waals surface area contributed by atoms with Crippen molar-refractivity contribution in [3.63, 3.8) is 0 Å². The van der Waals surface area contributed by atoms with Crippen LogP contribution in [0, 0.1) is 0 Å². The average Bonchev–Trinajstić information content (AvgIpc) is 3.38. The Bertz CT molecular complexity index is 1090. The number of hydrogen-bond acceptors (Lipinski definition) is 3. The molecule has 166 valence electrons. The first-order valence-corrected chi connectivity index (χ1v) is 11.7. The highest BCUT2D eigenvalue weighted by Gasteiger charge is 2.45. The third-order valence-corrected chi connectivity index (χ3v) is 7.05. The highest BCUT2D eigenvalue weighted by atomic mass is 16.5. The van der Waals surface area contributed by atoms with E-state index in [1.807, 2.05) is 24.3 Å². The Balaban J connectivity index is 1.62. The van der Waals surface area contributed by atoms with Crippen LogP contribution in [0.1, 0.15) is 85.1 Å². The fourth-order valence-electron chi connectivity index (χ4n) is 5.26. The van der Waals surface area contributed by atoms with E-state index in [1.165, 1.54) is 24.8 Å². The molecule has 1 unspecified atom stereocenters. The molecule has 1 N–H and O–H groups in total. The zero-order valence-electron chi connectivity index (χ0n) is 19.1. The summed E-state index contributed by atoms with van der Waals surface area (Å²) in [7, 11) is 1.67. The zero-order chi connectivity index (χ0) is 22.2. The predicted octanol–water partition coefficient (Wildman–Crippen LogP) is 6.09. The number of aromatic amines is 1. The van der Waals surface area contributed by atoms with E-state index in [-0.39, 0.29) is 18.0 Å². The molecule has 2 aromatic carbocycles. The molecule has 2 aliphatic rings. The summed E-state index contributed by atoms with van der Waals surface area (Å²) in [5.74, 6) is 1.36. The molecule has 3 aromatic rings. The van der Waals surface area contributed by atoms with Crippen molar-refractivity contribution in [2.24, 2.45) is 0 Å².